The van der Waals surface area contributed by atoms with Crippen molar-refractivity contribution in [3.05, 3.63) is 0 Å². The molecule has 2 unspecified atom stereocenters. The highest BCUT2D eigenvalue weighted by Crippen LogP contribution is 2.20. The first-order valence-corrected chi connectivity index (χ1v) is 7.07. The van der Waals surface area contributed by atoms with Crippen LogP contribution < -0.4 is 0 Å². The molecule has 0 aliphatic carbocycles. The molecule has 0 spiro atoms. The second-order valence-corrected chi connectivity index (χ2v) is 5.79. The average Bonchev–Trinajstić information content (AvgIpc) is 2.77. The van der Waals surface area contributed by atoms with Crippen LogP contribution in [0.5, 0.6) is 0 Å². The molecule has 0 amide bonds. The molecule has 0 N–H and O–H groups in total. The molecule has 1 saturated heterocycles. The molecule has 0 aromatic rings. The summed E-state index contributed by atoms with van der Waals surface area (Å²) < 4.78 is 10.2. The van der Waals surface area contributed by atoms with E-state index in [2.05, 4.69) is 11.7 Å². The SMILES string of the molecule is COC(=O)CC(C)SCCCC1CCCO1. The Hall–Kier alpha value is -0.220. The molecule has 4 heteroatoms. The Morgan fingerprint density at radius 1 is 1.62 bits per heavy atom. The van der Waals surface area contributed by atoms with E-state index >= 15 is 0 Å². The van der Waals surface area contributed by atoms with E-state index in [0.29, 0.717) is 17.8 Å². The number of hydrogen-bond acceptors (Lipinski definition) is 4. The Morgan fingerprint density at radius 2 is 2.44 bits per heavy atom. The molecule has 0 aromatic carbocycles. The molecule has 1 fully saturated rings. The first-order valence-electron chi connectivity index (χ1n) is 6.02. The summed E-state index contributed by atoms with van der Waals surface area (Å²) in [5.41, 5.74) is 0. The van der Waals surface area contributed by atoms with Crippen molar-refractivity contribution < 1.29 is 14.3 Å². The van der Waals surface area contributed by atoms with Crippen molar-refractivity contribution in [2.75, 3.05) is 19.5 Å². The largest absolute Gasteiger partial charge is 0.469 e. The summed E-state index contributed by atoms with van der Waals surface area (Å²) in [6, 6.07) is 0. The molecule has 1 aliphatic heterocycles. The smallest absolute Gasteiger partial charge is 0.306 e. The molecule has 1 aliphatic rings. The molecule has 3 nitrogen and oxygen atoms in total. The lowest BCUT2D eigenvalue weighted by atomic mass is 10.1. The molecule has 1 rings (SSSR count). The zero-order valence-corrected chi connectivity index (χ0v) is 11.1. The van der Waals surface area contributed by atoms with E-state index in [0.717, 1.165) is 18.8 Å². The second-order valence-electron chi connectivity index (χ2n) is 4.24. The highest BCUT2D eigenvalue weighted by molar-refractivity contribution is 7.99. The lowest BCUT2D eigenvalue weighted by molar-refractivity contribution is -0.140. The number of carbonyl (C=O) groups excluding carboxylic acids is 1. The number of ether oxygens (including phenoxy) is 2. The lowest BCUT2D eigenvalue weighted by Crippen LogP contribution is -2.10. The van der Waals surface area contributed by atoms with Gasteiger partial charge in [-0.15, -0.1) is 0 Å². The third-order valence-corrected chi connectivity index (χ3v) is 4.04. The van der Waals surface area contributed by atoms with Crippen molar-refractivity contribution in [3.8, 4) is 0 Å². The summed E-state index contributed by atoms with van der Waals surface area (Å²) in [5, 5.41) is 0.358. The van der Waals surface area contributed by atoms with Gasteiger partial charge in [0.05, 0.1) is 19.6 Å². The fourth-order valence-electron chi connectivity index (χ4n) is 1.84. The monoisotopic (exact) mass is 246 g/mol. The van der Waals surface area contributed by atoms with E-state index in [1.807, 2.05) is 11.8 Å². The van der Waals surface area contributed by atoms with Gasteiger partial charge in [0, 0.05) is 11.9 Å². The number of hydrogen-bond donors (Lipinski definition) is 0. The van der Waals surface area contributed by atoms with Crippen LogP contribution in [0.15, 0.2) is 0 Å². The van der Waals surface area contributed by atoms with Gasteiger partial charge in [0.2, 0.25) is 0 Å². The summed E-state index contributed by atoms with van der Waals surface area (Å²) in [4.78, 5) is 11.0. The number of methoxy groups -OCH3 is 1. The molecular weight excluding hydrogens is 224 g/mol. The van der Waals surface area contributed by atoms with Gasteiger partial charge in [0.1, 0.15) is 0 Å². The summed E-state index contributed by atoms with van der Waals surface area (Å²) in [6.07, 6.45) is 5.80. The topological polar surface area (TPSA) is 35.5 Å². The maximum atomic E-state index is 11.0. The van der Waals surface area contributed by atoms with E-state index in [-0.39, 0.29) is 5.97 Å². The van der Waals surface area contributed by atoms with Crippen LogP contribution in [0.25, 0.3) is 0 Å². The summed E-state index contributed by atoms with van der Waals surface area (Å²) in [6.45, 7) is 3.02. The van der Waals surface area contributed by atoms with Crippen molar-refractivity contribution >= 4 is 17.7 Å². The number of esters is 1. The number of rotatable bonds is 7. The third kappa shape index (κ3) is 5.75. The predicted molar refractivity (Wildman–Crippen MR) is 66.8 cm³/mol. The van der Waals surface area contributed by atoms with Crippen LogP contribution in [-0.4, -0.2) is 36.8 Å². The summed E-state index contributed by atoms with van der Waals surface area (Å²) in [7, 11) is 1.44. The second kappa shape index (κ2) is 7.96. The summed E-state index contributed by atoms with van der Waals surface area (Å²) in [5.74, 6) is 0.997. The molecule has 0 radical (unpaired) electrons. The van der Waals surface area contributed by atoms with Crippen molar-refractivity contribution in [1.29, 1.82) is 0 Å². The maximum absolute atomic E-state index is 11.0. The standard InChI is InChI=1S/C12H22O3S/c1-10(9-12(13)14-2)16-8-4-6-11-5-3-7-15-11/h10-11H,3-9H2,1-2H3. The first kappa shape index (κ1) is 13.8. The van der Waals surface area contributed by atoms with E-state index in [9.17, 15) is 4.79 Å². The normalized spacial score (nSPS) is 22.0. The molecule has 0 aromatic heterocycles. The van der Waals surface area contributed by atoms with Crippen LogP contribution in [0.4, 0.5) is 0 Å². The quantitative estimate of drug-likeness (QED) is 0.511. The minimum atomic E-state index is -0.112. The minimum absolute atomic E-state index is 0.112. The van der Waals surface area contributed by atoms with Gasteiger partial charge >= 0.3 is 5.97 Å². The van der Waals surface area contributed by atoms with Crippen LogP contribution in [0.1, 0.15) is 39.0 Å². The molecule has 0 saturated carbocycles. The minimum Gasteiger partial charge on any atom is -0.469 e. The fraction of sp³-hybridized carbons (Fsp3) is 0.917. The first-order chi connectivity index (χ1) is 7.72. The van der Waals surface area contributed by atoms with Gasteiger partial charge in [-0.2, -0.15) is 11.8 Å². The zero-order chi connectivity index (χ0) is 11.8. The van der Waals surface area contributed by atoms with Crippen LogP contribution in [-0.2, 0) is 14.3 Å². The van der Waals surface area contributed by atoms with Gasteiger partial charge in [-0.25, -0.2) is 0 Å². The third-order valence-electron chi connectivity index (χ3n) is 2.78. The molecule has 16 heavy (non-hydrogen) atoms. The van der Waals surface area contributed by atoms with Gasteiger partial charge in [-0.3, -0.25) is 4.79 Å². The van der Waals surface area contributed by atoms with Gasteiger partial charge in [0.25, 0.3) is 0 Å². The van der Waals surface area contributed by atoms with Gasteiger partial charge < -0.3 is 9.47 Å². The van der Waals surface area contributed by atoms with Gasteiger partial charge in [-0.1, -0.05) is 6.92 Å². The molecule has 0 bridgehead atoms. The molecule has 2 atom stereocenters. The highest BCUT2D eigenvalue weighted by Gasteiger charge is 2.15. The van der Waals surface area contributed by atoms with Crippen molar-refractivity contribution in [2.45, 2.75) is 50.4 Å². The van der Waals surface area contributed by atoms with Crippen LogP contribution in [0.2, 0.25) is 0 Å². The molecule has 94 valence electrons. The van der Waals surface area contributed by atoms with Crippen LogP contribution >= 0.6 is 11.8 Å². The van der Waals surface area contributed by atoms with E-state index in [1.165, 1.54) is 26.4 Å². The van der Waals surface area contributed by atoms with Crippen molar-refractivity contribution in [3.63, 3.8) is 0 Å². The summed E-state index contributed by atoms with van der Waals surface area (Å²) >= 11 is 1.85. The Labute approximate surface area is 102 Å². The Morgan fingerprint density at radius 3 is 3.06 bits per heavy atom. The Bertz CT molecular complexity index is 202. The Kier molecular flexibility index (Phi) is 6.88. The Balaban J connectivity index is 1.95. The molecular formula is C12H22O3S. The zero-order valence-electron chi connectivity index (χ0n) is 10.2. The predicted octanol–water partition coefficient (Wildman–Crippen LogP) is 2.63. The van der Waals surface area contributed by atoms with Gasteiger partial charge in [0.15, 0.2) is 0 Å². The maximum Gasteiger partial charge on any atom is 0.306 e. The van der Waals surface area contributed by atoms with E-state index in [4.69, 9.17) is 4.74 Å². The highest BCUT2D eigenvalue weighted by atomic mass is 32.2. The fourth-order valence-corrected chi connectivity index (χ4v) is 2.83. The van der Waals surface area contributed by atoms with Crippen molar-refractivity contribution in [1.82, 2.24) is 0 Å². The van der Waals surface area contributed by atoms with Crippen molar-refractivity contribution in [2.24, 2.45) is 0 Å². The van der Waals surface area contributed by atoms with Crippen LogP contribution in [0, 0.1) is 0 Å². The van der Waals surface area contributed by atoms with E-state index < -0.39 is 0 Å². The lowest BCUT2D eigenvalue weighted by Gasteiger charge is -2.11. The number of thioether (sulfide) groups is 1. The van der Waals surface area contributed by atoms with Gasteiger partial charge in [-0.05, 0) is 31.4 Å². The van der Waals surface area contributed by atoms with E-state index in [1.54, 1.807) is 0 Å². The number of carbonyl (C=O) groups is 1. The van der Waals surface area contributed by atoms with Crippen LogP contribution in [0.3, 0.4) is 0 Å². The average molecular weight is 246 g/mol. The molecule has 1 heterocycles.